The Labute approximate surface area is 76.5 Å². The van der Waals surface area contributed by atoms with Gasteiger partial charge in [-0.3, -0.25) is 0 Å². The fourth-order valence-corrected chi connectivity index (χ4v) is 1.16. The number of halogens is 3. The lowest BCUT2D eigenvalue weighted by atomic mass is 10.2. The fraction of sp³-hybridized carbons (Fsp3) is 0. The Kier molecular flexibility index (Phi) is 2.48. The third-order valence-electron chi connectivity index (χ3n) is 1.16. The van der Waals surface area contributed by atoms with Crippen LogP contribution in [0.4, 0.5) is 4.39 Å². The van der Waals surface area contributed by atoms with Crippen molar-refractivity contribution >= 4 is 27.5 Å². The van der Waals surface area contributed by atoms with Gasteiger partial charge in [0.15, 0.2) is 0 Å². The molecule has 0 atom stereocenters. The molecule has 0 saturated heterocycles. The first-order valence-electron chi connectivity index (χ1n) is 2.70. The molecule has 0 radical (unpaired) electrons. The molecule has 56 valence electrons. The van der Waals surface area contributed by atoms with E-state index in [2.05, 4.69) is 15.9 Å². The van der Waals surface area contributed by atoms with Gasteiger partial charge < -0.3 is 0 Å². The molecule has 4 heteroatoms. The highest BCUT2D eigenvalue weighted by Crippen LogP contribution is 2.27. The maximum absolute atomic E-state index is 12.7. The minimum absolute atomic E-state index is 0.118. The van der Waals surface area contributed by atoms with Gasteiger partial charge >= 0.3 is 0 Å². The predicted octanol–water partition coefficient (Wildman–Crippen LogP) is 3.11. The summed E-state index contributed by atoms with van der Waals surface area (Å²) in [6, 6.07) is 4.31. The van der Waals surface area contributed by atoms with Gasteiger partial charge in [-0.25, -0.2) is 4.39 Å². The Bertz CT molecular complexity index is 332. The van der Waals surface area contributed by atoms with Gasteiger partial charge in [0.1, 0.15) is 17.4 Å². The van der Waals surface area contributed by atoms with Gasteiger partial charge in [0.25, 0.3) is 0 Å². The lowest BCUT2D eigenvalue weighted by Crippen LogP contribution is -1.84. The van der Waals surface area contributed by atoms with Gasteiger partial charge in [-0.1, -0.05) is 11.6 Å². The smallest absolute Gasteiger partial charge is 0.142 e. The lowest BCUT2D eigenvalue weighted by Gasteiger charge is -1.97. The van der Waals surface area contributed by atoms with Gasteiger partial charge in [0, 0.05) is 4.47 Å². The molecule has 0 aliphatic heterocycles. The van der Waals surface area contributed by atoms with Crippen LogP contribution in [0.2, 0.25) is 5.02 Å². The lowest BCUT2D eigenvalue weighted by molar-refractivity contribution is 0.623. The fourth-order valence-electron chi connectivity index (χ4n) is 0.630. The molecular weight excluding hydrogens is 232 g/mol. The first kappa shape index (κ1) is 8.51. The van der Waals surface area contributed by atoms with E-state index in [0.717, 1.165) is 0 Å². The summed E-state index contributed by atoms with van der Waals surface area (Å²) in [4.78, 5) is 0. The zero-order valence-electron chi connectivity index (χ0n) is 5.24. The molecule has 1 nitrogen and oxygen atoms in total. The van der Waals surface area contributed by atoms with E-state index in [1.54, 1.807) is 6.07 Å². The van der Waals surface area contributed by atoms with E-state index in [-0.39, 0.29) is 10.6 Å². The van der Waals surface area contributed by atoms with Crippen molar-refractivity contribution in [2.75, 3.05) is 0 Å². The first-order valence-corrected chi connectivity index (χ1v) is 3.87. The highest BCUT2D eigenvalue weighted by atomic mass is 79.9. The Morgan fingerprint density at radius 1 is 1.55 bits per heavy atom. The molecule has 0 aliphatic carbocycles. The van der Waals surface area contributed by atoms with Crippen LogP contribution in [0.1, 0.15) is 5.56 Å². The van der Waals surface area contributed by atoms with Gasteiger partial charge in [-0.2, -0.15) is 5.26 Å². The van der Waals surface area contributed by atoms with Gasteiger partial charge in [-0.15, -0.1) is 0 Å². The topological polar surface area (TPSA) is 23.8 Å². The summed E-state index contributed by atoms with van der Waals surface area (Å²) in [5, 5.41) is 8.55. The van der Waals surface area contributed by atoms with Crippen molar-refractivity contribution in [3.05, 3.63) is 33.0 Å². The molecule has 1 aromatic rings. The molecule has 11 heavy (non-hydrogen) atoms. The van der Waals surface area contributed by atoms with E-state index < -0.39 is 5.82 Å². The molecule has 0 unspecified atom stereocenters. The number of hydrogen-bond acceptors (Lipinski definition) is 1. The average molecular weight is 234 g/mol. The van der Waals surface area contributed by atoms with E-state index in [9.17, 15) is 4.39 Å². The number of rotatable bonds is 0. The highest BCUT2D eigenvalue weighted by molar-refractivity contribution is 9.10. The second-order valence-corrected chi connectivity index (χ2v) is 3.06. The number of nitrogens with zero attached hydrogens (tertiary/aromatic N) is 1. The summed E-state index contributed by atoms with van der Waals surface area (Å²) < 4.78 is 13.2. The van der Waals surface area contributed by atoms with Gasteiger partial charge in [-0.05, 0) is 28.1 Å². The third kappa shape index (κ3) is 1.52. The van der Waals surface area contributed by atoms with E-state index in [1.807, 2.05) is 0 Å². The van der Waals surface area contributed by atoms with Crippen molar-refractivity contribution in [1.82, 2.24) is 0 Å². The van der Waals surface area contributed by atoms with Crippen LogP contribution in [-0.2, 0) is 0 Å². The molecule has 0 N–H and O–H groups in total. The van der Waals surface area contributed by atoms with Crippen molar-refractivity contribution in [3.8, 4) is 6.07 Å². The molecule has 0 amide bonds. The van der Waals surface area contributed by atoms with Crippen molar-refractivity contribution in [2.45, 2.75) is 0 Å². The third-order valence-corrected chi connectivity index (χ3v) is 2.44. The molecule has 0 bridgehead atoms. The molecule has 0 aliphatic rings. The van der Waals surface area contributed by atoms with Crippen LogP contribution in [0.25, 0.3) is 0 Å². The van der Waals surface area contributed by atoms with Crippen LogP contribution in [0.3, 0.4) is 0 Å². The van der Waals surface area contributed by atoms with Crippen LogP contribution in [0, 0.1) is 17.1 Å². The predicted molar refractivity (Wildman–Crippen MR) is 43.8 cm³/mol. The molecule has 0 fully saturated rings. The van der Waals surface area contributed by atoms with Crippen molar-refractivity contribution in [3.63, 3.8) is 0 Å². The number of benzene rings is 1. The summed E-state index contributed by atoms with van der Waals surface area (Å²) in [5.41, 5.74) is -0.124. The van der Waals surface area contributed by atoms with Crippen LogP contribution >= 0.6 is 27.5 Å². The zero-order chi connectivity index (χ0) is 8.43. The van der Waals surface area contributed by atoms with E-state index in [4.69, 9.17) is 16.9 Å². The first-order chi connectivity index (χ1) is 5.16. The molecule has 0 heterocycles. The van der Waals surface area contributed by atoms with Gasteiger partial charge in [0.05, 0.1) is 5.02 Å². The van der Waals surface area contributed by atoms with Gasteiger partial charge in [0.2, 0.25) is 0 Å². The van der Waals surface area contributed by atoms with Crippen LogP contribution < -0.4 is 0 Å². The maximum Gasteiger partial charge on any atom is 0.142 e. The van der Waals surface area contributed by atoms with E-state index in [0.29, 0.717) is 4.47 Å². The second-order valence-electron chi connectivity index (χ2n) is 1.83. The standard InChI is InChI=1S/C7H2BrClFN/c8-5-1-2-6(10)4(3-11)7(5)9/h1-2H. The summed E-state index contributed by atoms with van der Waals surface area (Å²) in [5.74, 6) is -0.597. The molecule has 1 aromatic carbocycles. The quantitative estimate of drug-likeness (QED) is 0.633. The number of nitriles is 1. The van der Waals surface area contributed by atoms with Crippen molar-refractivity contribution in [2.24, 2.45) is 0 Å². The minimum Gasteiger partial charge on any atom is -0.205 e. The SMILES string of the molecule is N#Cc1c(F)ccc(Br)c1Cl. The summed E-state index contributed by atoms with van der Waals surface area (Å²) in [6.07, 6.45) is 0. The summed E-state index contributed by atoms with van der Waals surface area (Å²) in [7, 11) is 0. The Morgan fingerprint density at radius 2 is 2.18 bits per heavy atom. The largest absolute Gasteiger partial charge is 0.205 e. The molecular formula is C7H2BrClFN. The van der Waals surface area contributed by atoms with Crippen LogP contribution in [0.5, 0.6) is 0 Å². The normalized spacial score (nSPS) is 9.27. The van der Waals surface area contributed by atoms with E-state index >= 15 is 0 Å². The zero-order valence-corrected chi connectivity index (χ0v) is 7.58. The van der Waals surface area contributed by atoms with Crippen LogP contribution in [-0.4, -0.2) is 0 Å². The Hall–Kier alpha value is -0.590. The Balaban J connectivity index is 3.44. The molecule has 0 aromatic heterocycles. The summed E-state index contributed by atoms with van der Waals surface area (Å²) >= 11 is 8.66. The number of hydrogen-bond donors (Lipinski definition) is 0. The minimum atomic E-state index is -0.597. The molecule has 0 spiro atoms. The summed E-state index contributed by atoms with van der Waals surface area (Å²) in [6.45, 7) is 0. The average Bonchev–Trinajstić information content (AvgIpc) is 1.99. The van der Waals surface area contributed by atoms with E-state index in [1.165, 1.54) is 12.1 Å². The highest BCUT2D eigenvalue weighted by Gasteiger charge is 2.08. The van der Waals surface area contributed by atoms with Crippen molar-refractivity contribution in [1.29, 1.82) is 5.26 Å². The van der Waals surface area contributed by atoms with Crippen LogP contribution in [0.15, 0.2) is 16.6 Å². The monoisotopic (exact) mass is 233 g/mol. The molecule has 0 saturated carbocycles. The second kappa shape index (κ2) is 3.21. The maximum atomic E-state index is 12.7. The molecule has 1 rings (SSSR count). The Morgan fingerprint density at radius 3 is 2.64 bits per heavy atom. The van der Waals surface area contributed by atoms with Crippen molar-refractivity contribution < 1.29 is 4.39 Å².